The number of hydrogen-bond acceptors (Lipinski definition) is 6. The second kappa shape index (κ2) is 16.2. The summed E-state index contributed by atoms with van der Waals surface area (Å²) in [6, 6.07) is 79.2. The van der Waals surface area contributed by atoms with Crippen molar-refractivity contribution in [3.63, 3.8) is 0 Å². The predicted molar refractivity (Wildman–Crippen MR) is 283 cm³/mol. The fourth-order valence-corrected chi connectivity index (χ4v) is 11.8. The third-order valence-electron chi connectivity index (χ3n) is 14.1. The van der Waals surface area contributed by atoms with Crippen LogP contribution in [0.4, 0.5) is 22.7 Å². The first-order chi connectivity index (χ1) is 33.4. The Kier molecular flexibility index (Phi) is 9.63. The molecule has 1 aromatic heterocycles. The number of benzene rings is 9. The number of anilines is 4. The topological polar surface area (TPSA) is 56.6 Å². The Balaban J connectivity index is 0.926. The van der Waals surface area contributed by atoms with Gasteiger partial charge in [-0.15, -0.1) is 0 Å². The summed E-state index contributed by atoms with van der Waals surface area (Å²) in [7, 11) is 0. The van der Waals surface area contributed by atoms with Gasteiger partial charge < -0.3 is 20.1 Å². The summed E-state index contributed by atoms with van der Waals surface area (Å²) in [5, 5.41) is 13.9. The molecule has 0 bridgehead atoms. The number of para-hydroxylation sites is 2. The van der Waals surface area contributed by atoms with Crippen LogP contribution in [-0.2, 0) is 5.41 Å². The van der Waals surface area contributed by atoms with E-state index < -0.39 is 0 Å². The van der Waals surface area contributed by atoms with Crippen LogP contribution in [0.1, 0.15) is 64.9 Å². The monoisotopic (exact) mass is 896 g/mol. The number of nitrogens with zero attached hydrogens (tertiary/aromatic N) is 3. The molecule has 3 N–H and O–H groups in total. The van der Waals surface area contributed by atoms with Crippen molar-refractivity contribution in [1.82, 2.24) is 15.2 Å². The number of aromatic nitrogens is 1. The zero-order chi connectivity index (χ0) is 45.3. The largest absolute Gasteiger partial charge is 0.368 e. The molecule has 0 radical (unpaired) electrons. The molecule has 13 rings (SSSR count). The Labute approximate surface area is 401 Å². The van der Waals surface area contributed by atoms with E-state index in [1.165, 1.54) is 65.9 Å². The van der Waals surface area contributed by atoms with Gasteiger partial charge in [0, 0.05) is 38.0 Å². The standard InChI is InChI=1S/C61H48N6S/c1-61(2)49-25-15-16-26-53(49)67(45-23-13-6-14-24-45)54-34-30-44(36-50(54)61)43-29-33-52-47(35-43)48-37-56-51(62-60(68-56)42-21-11-5-12-22-42)38-55(48)66(52)46-31-27-41(28-32-46)59-64-57(39-17-7-3-8-18-39)63-58(65-59)40-19-9-4-10-20-40/h3-38,57,59-60,62,64H,1-2H3,(H,63,65). The molecule has 0 saturated carbocycles. The van der Waals surface area contributed by atoms with Gasteiger partial charge in [-0.3, -0.25) is 5.32 Å². The molecule has 0 aliphatic carbocycles. The van der Waals surface area contributed by atoms with Gasteiger partial charge in [-0.25, -0.2) is 4.99 Å². The SMILES string of the molecule is CC1(C)c2ccccc2N(c2ccccc2)c2ccc(-c3ccc4c(c3)c3cc5c(cc3n4-c3ccc(C4N=C(c6ccccc6)NC(c6ccccc6)N4)cc3)NC(c3ccccc3)S5)cc21. The first-order valence-corrected chi connectivity index (χ1v) is 24.3. The number of thioether (sulfide) groups is 1. The number of fused-ring (bicyclic) bond motifs is 6. The maximum Gasteiger partial charge on any atom is 0.131 e. The first kappa shape index (κ1) is 40.4. The van der Waals surface area contributed by atoms with Crippen molar-refractivity contribution in [1.29, 1.82) is 0 Å². The van der Waals surface area contributed by atoms with Crippen LogP contribution >= 0.6 is 11.8 Å². The lowest BCUT2D eigenvalue weighted by atomic mass is 9.73. The van der Waals surface area contributed by atoms with Crippen LogP contribution in [0.25, 0.3) is 38.6 Å². The molecule has 3 atom stereocenters. The van der Waals surface area contributed by atoms with Gasteiger partial charge in [0.05, 0.1) is 28.1 Å². The van der Waals surface area contributed by atoms with Crippen LogP contribution in [0.2, 0.25) is 0 Å². The zero-order valence-corrected chi connectivity index (χ0v) is 38.6. The summed E-state index contributed by atoms with van der Waals surface area (Å²) in [4.78, 5) is 8.93. The molecule has 328 valence electrons. The molecule has 3 unspecified atom stereocenters. The number of hydrogen-bond donors (Lipinski definition) is 3. The van der Waals surface area contributed by atoms with Gasteiger partial charge in [0.15, 0.2) is 0 Å². The average molecular weight is 897 g/mol. The third kappa shape index (κ3) is 6.80. The third-order valence-corrected chi connectivity index (χ3v) is 15.3. The van der Waals surface area contributed by atoms with Crippen LogP contribution in [0.15, 0.2) is 228 Å². The van der Waals surface area contributed by atoms with E-state index in [9.17, 15) is 0 Å². The molecule has 9 aromatic carbocycles. The molecule has 0 amide bonds. The molecule has 7 heteroatoms. The zero-order valence-electron chi connectivity index (χ0n) is 37.8. The van der Waals surface area contributed by atoms with E-state index >= 15 is 0 Å². The van der Waals surface area contributed by atoms with Gasteiger partial charge in [-0.05, 0) is 106 Å². The highest BCUT2D eigenvalue weighted by Crippen LogP contribution is 2.53. The summed E-state index contributed by atoms with van der Waals surface area (Å²) in [6.07, 6.45) is -0.354. The van der Waals surface area contributed by atoms with E-state index in [4.69, 9.17) is 4.99 Å². The first-order valence-electron chi connectivity index (χ1n) is 23.5. The van der Waals surface area contributed by atoms with Crippen LogP contribution < -0.4 is 20.9 Å². The quantitative estimate of drug-likeness (QED) is 0.149. The van der Waals surface area contributed by atoms with Crippen molar-refractivity contribution < 1.29 is 0 Å². The Bertz CT molecular complexity index is 3550. The summed E-state index contributed by atoms with van der Waals surface area (Å²) in [5.74, 6) is 0.874. The Morgan fingerprint density at radius 3 is 1.88 bits per heavy atom. The van der Waals surface area contributed by atoms with Crippen molar-refractivity contribution in [2.45, 2.75) is 41.9 Å². The molecule has 6 nitrogen and oxygen atoms in total. The summed E-state index contributed by atoms with van der Waals surface area (Å²) < 4.78 is 2.44. The fraction of sp³-hybridized carbons (Fsp3) is 0.0984. The molecular weight excluding hydrogens is 849 g/mol. The van der Waals surface area contributed by atoms with E-state index in [1.54, 1.807) is 0 Å². The van der Waals surface area contributed by atoms with Crippen LogP contribution in [0, 0.1) is 0 Å². The van der Waals surface area contributed by atoms with Crippen molar-refractivity contribution in [2.75, 3.05) is 10.2 Å². The molecule has 0 spiro atoms. The van der Waals surface area contributed by atoms with Crippen molar-refractivity contribution in [3.8, 4) is 16.8 Å². The van der Waals surface area contributed by atoms with Crippen LogP contribution in [-0.4, -0.2) is 10.4 Å². The number of rotatable bonds is 7. The highest BCUT2D eigenvalue weighted by atomic mass is 32.2. The lowest BCUT2D eigenvalue weighted by molar-refractivity contribution is 0.409. The Morgan fingerprint density at radius 2 is 1.12 bits per heavy atom. The summed E-state index contributed by atoms with van der Waals surface area (Å²) in [6.45, 7) is 4.73. The average Bonchev–Trinajstić information content (AvgIpc) is 3.97. The highest BCUT2D eigenvalue weighted by molar-refractivity contribution is 8.00. The maximum atomic E-state index is 5.24. The van der Waals surface area contributed by atoms with Gasteiger partial charge in [0.25, 0.3) is 0 Å². The molecule has 0 fully saturated rings. The van der Waals surface area contributed by atoms with Gasteiger partial charge in [0.1, 0.15) is 23.5 Å². The second-order valence-corrected chi connectivity index (χ2v) is 19.7. The van der Waals surface area contributed by atoms with Crippen LogP contribution in [0.5, 0.6) is 0 Å². The van der Waals surface area contributed by atoms with E-state index in [0.717, 1.165) is 39.6 Å². The highest BCUT2D eigenvalue weighted by Gasteiger charge is 2.37. The Hall–Kier alpha value is -7.84. The summed E-state index contributed by atoms with van der Waals surface area (Å²) >= 11 is 1.89. The maximum absolute atomic E-state index is 5.24. The number of aliphatic imine (C=N–C) groups is 1. The Morgan fingerprint density at radius 1 is 0.485 bits per heavy atom. The molecule has 68 heavy (non-hydrogen) atoms. The van der Waals surface area contributed by atoms with Gasteiger partial charge in [-0.2, -0.15) is 0 Å². The normalized spacial score (nSPS) is 18.0. The van der Waals surface area contributed by atoms with E-state index in [-0.39, 0.29) is 23.1 Å². The van der Waals surface area contributed by atoms with Crippen LogP contribution in [0.3, 0.4) is 0 Å². The molecule has 4 heterocycles. The molecule has 3 aliphatic heterocycles. The van der Waals surface area contributed by atoms with Gasteiger partial charge in [-0.1, -0.05) is 177 Å². The predicted octanol–water partition coefficient (Wildman–Crippen LogP) is 15.1. The molecule has 0 saturated heterocycles. The van der Waals surface area contributed by atoms with Crippen molar-refractivity contribution >= 4 is 62.2 Å². The minimum absolute atomic E-state index is 0.105. The van der Waals surface area contributed by atoms with Gasteiger partial charge >= 0.3 is 0 Å². The van der Waals surface area contributed by atoms with E-state index in [0.29, 0.717) is 0 Å². The molecule has 10 aromatic rings. The lowest BCUT2D eigenvalue weighted by Crippen LogP contribution is -2.44. The molecule has 3 aliphatic rings. The van der Waals surface area contributed by atoms with Crippen molar-refractivity contribution in [3.05, 3.63) is 252 Å². The molecular formula is C61H48N6S. The number of nitrogens with one attached hydrogen (secondary N) is 3. The fourth-order valence-electron chi connectivity index (χ4n) is 10.6. The summed E-state index contributed by atoms with van der Waals surface area (Å²) in [5.41, 5.74) is 17.6. The smallest absolute Gasteiger partial charge is 0.131 e. The minimum atomic E-state index is -0.249. The minimum Gasteiger partial charge on any atom is -0.368 e. The number of amidine groups is 1. The van der Waals surface area contributed by atoms with Crippen molar-refractivity contribution in [2.24, 2.45) is 4.99 Å². The van der Waals surface area contributed by atoms with E-state index in [1.807, 2.05) is 17.8 Å². The van der Waals surface area contributed by atoms with E-state index in [2.05, 4.69) is 252 Å². The lowest BCUT2D eigenvalue weighted by Gasteiger charge is -2.42. The second-order valence-electron chi connectivity index (χ2n) is 18.5. The van der Waals surface area contributed by atoms with Gasteiger partial charge in [0.2, 0.25) is 0 Å².